The molecule has 0 spiro atoms. The highest BCUT2D eigenvalue weighted by Crippen LogP contribution is 2.23. The van der Waals surface area contributed by atoms with Crippen LogP contribution in [0, 0.1) is 20.2 Å². The number of aliphatic hydroxyl groups is 1. The van der Waals surface area contributed by atoms with Crippen molar-refractivity contribution in [3.63, 3.8) is 0 Å². The zero-order valence-electron chi connectivity index (χ0n) is 13.9. The number of hydrogen-bond donors (Lipinski definition) is 1. The van der Waals surface area contributed by atoms with Crippen molar-refractivity contribution in [1.29, 1.82) is 0 Å². The highest BCUT2D eigenvalue weighted by Gasteiger charge is 2.13. The molecule has 0 aliphatic carbocycles. The molecular weight excluding hydrogens is 360 g/mol. The number of nitro groups is 2. The van der Waals surface area contributed by atoms with Crippen molar-refractivity contribution >= 4 is 17.7 Å². The number of ether oxygens (including phenoxy) is 2. The Labute approximate surface area is 155 Å². The lowest BCUT2D eigenvalue weighted by atomic mass is 10.2. The minimum Gasteiger partial charge on any atom is -0.497 e. The molecule has 10 heteroatoms. The fraction of sp³-hybridized carbons (Fsp3) is 0.235. The van der Waals surface area contributed by atoms with E-state index >= 15 is 0 Å². The summed E-state index contributed by atoms with van der Waals surface area (Å²) < 4.78 is 9.67. The number of carbonyl (C=O) groups is 1. The summed E-state index contributed by atoms with van der Waals surface area (Å²) in [5.74, 6) is 0.919. The highest BCUT2D eigenvalue weighted by molar-refractivity contribution is 5.82. The summed E-state index contributed by atoms with van der Waals surface area (Å²) >= 11 is 0. The second-order valence-electron chi connectivity index (χ2n) is 4.71. The number of methoxy groups -OCH3 is 2. The van der Waals surface area contributed by atoms with Crippen LogP contribution >= 0.6 is 0 Å². The van der Waals surface area contributed by atoms with Crippen molar-refractivity contribution in [3.05, 3.63) is 67.8 Å². The van der Waals surface area contributed by atoms with Crippen molar-refractivity contribution in [3.8, 4) is 11.5 Å². The predicted octanol–water partition coefficient (Wildman–Crippen LogP) is 3.15. The van der Waals surface area contributed by atoms with Crippen LogP contribution in [0.4, 0.5) is 11.4 Å². The SMILES string of the molecule is C.COc1ccc([N+](=O)[O-])c(C=O)c1.COc1ccc([N+](=O)[O-])c(CO)c1. The van der Waals surface area contributed by atoms with Crippen molar-refractivity contribution in [2.75, 3.05) is 14.2 Å². The average Bonchev–Trinajstić information content (AvgIpc) is 2.66. The van der Waals surface area contributed by atoms with Crippen molar-refractivity contribution in [2.45, 2.75) is 14.0 Å². The van der Waals surface area contributed by atoms with Crippen LogP contribution < -0.4 is 9.47 Å². The number of nitrogens with zero attached hydrogens (tertiary/aromatic N) is 2. The first-order chi connectivity index (χ1) is 12.4. The summed E-state index contributed by atoms with van der Waals surface area (Å²) in [5.41, 5.74) is -0.0344. The largest absolute Gasteiger partial charge is 0.497 e. The number of carbonyl (C=O) groups excluding carboxylic acids is 1. The number of hydrogen-bond acceptors (Lipinski definition) is 8. The molecule has 2 aromatic rings. The van der Waals surface area contributed by atoms with E-state index in [2.05, 4.69) is 0 Å². The Morgan fingerprint density at radius 1 is 0.963 bits per heavy atom. The molecule has 0 aromatic heterocycles. The predicted molar refractivity (Wildman–Crippen MR) is 97.3 cm³/mol. The number of nitro benzene ring substituents is 2. The Hall–Kier alpha value is -3.53. The summed E-state index contributed by atoms with van der Waals surface area (Å²) in [4.78, 5) is 30.1. The molecule has 0 bridgehead atoms. The van der Waals surface area contributed by atoms with Gasteiger partial charge in [-0.15, -0.1) is 0 Å². The van der Waals surface area contributed by atoms with Gasteiger partial charge in [-0.3, -0.25) is 25.0 Å². The second kappa shape index (κ2) is 11.2. The lowest BCUT2D eigenvalue weighted by Crippen LogP contribution is -1.96. The average molecular weight is 380 g/mol. The molecule has 0 aliphatic rings. The zero-order chi connectivity index (χ0) is 19.7. The third kappa shape index (κ3) is 6.36. The van der Waals surface area contributed by atoms with E-state index < -0.39 is 9.85 Å². The smallest absolute Gasteiger partial charge is 0.280 e. The third-order valence-electron chi connectivity index (χ3n) is 3.21. The van der Waals surface area contributed by atoms with Gasteiger partial charge in [0, 0.05) is 12.1 Å². The molecule has 0 saturated heterocycles. The van der Waals surface area contributed by atoms with Gasteiger partial charge in [-0.2, -0.15) is 0 Å². The third-order valence-corrected chi connectivity index (χ3v) is 3.21. The van der Waals surface area contributed by atoms with Crippen LogP contribution in [0.2, 0.25) is 0 Å². The van der Waals surface area contributed by atoms with E-state index in [-0.39, 0.29) is 36.5 Å². The van der Waals surface area contributed by atoms with E-state index in [1.807, 2.05) is 0 Å². The Kier molecular flexibility index (Phi) is 9.70. The molecule has 146 valence electrons. The van der Waals surface area contributed by atoms with Gasteiger partial charge in [0.2, 0.25) is 0 Å². The maximum absolute atomic E-state index is 10.4. The van der Waals surface area contributed by atoms with Crippen LogP contribution in [-0.2, 0) is 6.61 Å². The van der Waals surface area contributed by atoms with E-state index in [1.54, 1.807) is 0 Å². The minimum absolute atomic E-state index is 0. The lowest BCUT2D eigenvalue weighted by molar-refractivity contribution is -0.385. The van der Waals surface area contributed by atoms with Crippen LogP contribution in [0.25, 0.3) is 0 Å². The van der Waals surface area contributed by atoms with Crippen molar-refractivity contribution in [2.24, 2.45) is 0 Å². The molecule has 0 heterocycles. The van der Waals surface area contributed by atoms with Gasteiger partial charge >= 0.3 is 0 Å². The first kappa shape index (κ1) is 23.5. The van der Waals surface area contributed by atoms with Crippen LogP contribution in [0.5, 0.6) is 11.5 Å². The first-order valence-electron chi connectivity index (χ1n) is 7.07. The molecule has 2 rings (SSSR count). The van der Waals surface area contributed by atoms with E-state index in [9.17, 15) is 25.0 Å². The van der Waals surface area contributed by atoms with Crippen molar-refractivity contribution in [1.82, 2.24) is 0 Å². The summed E-state index contributed by atoms with van der Waals surface area (Å²) in [6, 6.07) is 8.23. The Morgan fingerprint density at radius 2 is 1.44 bits per heavy atom. The van der Waals surface area contributed by atoms with E-state index in [0.29, 0.717) is 17.8 Å². The number of benzene rings is 2. The van der Waals surface area contributed by atoms with Crippen LogP contribution in [0.15, 0.2) is 36.4 Å². The molecule has 27 heavy (non-hydrogen) atoms. The molecule has 0 aliphatic heterocycles. The van der Waals surface area contributed by atoms with Gasteiger partial charge in [-0.1, -0.05) is 7.43 Å². The zero-order valence-corrected chi connectivity index (χ0v) is 13.9. The van der Waals surface area contributed by atoms with Gasteiger partial charge in [0.15, 0.2) is 6.29 Å². The van der Waals surface area contributed by atoms with Gasteiger partial charge in [0.1, 0.15) is 11.5 Å². The van der Waals surface area contributed by atoms with E-state index in [1.165, 1.54) is 50.6 Å². The molecule has 0 unspecified atom stereocenters. The van der Waals surface area contributed by atoms with Gasteiger partial charge in [-0.25, -0.2) is 0 Å². The molecule has 1 N–H and O–H groups in total. The molecule has 0 atom stereocenters. The monoisotopic (exact) mass is 380 g/mol. The normalized spacial score (nSPS) is 9.15. The van der Waals surface area contributed by atoms with Crippen LogP contribution in [0.1, 0.15) is 23.3 Å². The fourth-order valence-electron chi connectivity index (χ4n) is 1.91. The fourth-order valence-corrected chi connectivity index (χ4v) is 1.91. The lowest BCUT2D eigenvalue weighted by Gasteiger charge is -2.02. The molecule has 0 radical (unpaired) electrons. The maximum atomic E-state index is 10.4. The quantitative estimate of drug-likeness (QED) is 0.457. The Balaban J connectivity index is 0.000000483. The number of aldehydes is 1. The summed E-state index contributed by atoms with van der Waals surface area (Å²) in [7, 11) is 2.89. The minimum atomic E-state index is -0.608. The second-order valence-corrected chi connectivity index (χ2v) is 4.71. The van der Waals surface area contributed by atoms with E-state index in [4.69, 9.17) is 14.6 Å². The standard InChI is InChI=1S/C8H9NO4.C8H7NO4.CH4/c2*1-13-7-2-3-8(9(11)12)6(4-7)5-10;/h2-4,10H,5H2,1H3;2-5H,1H3;1H4. The van der Waals surface area contributed by atoms with Gasteiger partial charge in [0.05, 0.1) is 41.8 Å². The molecule has 0 amide bonds. The maximum Gasteiger partial charge on any atom is 0.280 e. The summed E-state index contributed by atoms with van der Waals surface area (Å²) in [5, 5.41) is 29.6. The number of aliphatic hydroxyl groups excluding tert-OH is 1. The summed E-state index contributed by atoms with van der Waals surface area (Å²) in [6.45, 7) is -0.368. The van der Waals surface area contributed by atoms with Crippen molar-refractivity contribution < 1.29 is 29.2 Å². The Bertz CT molecular complexity index is 808. The summed E-state index contributed by atoms with van der Waals surface area (Å²) in [6.07, 6.45) is 0.431. The topological polar surface area (TPSA) is 142 Å². The van der Waals surface area contributed by atoms with Crippen LogP contribution in [0.3, 0.4) is 0 Å². The molecule has 2 aromatic carbocycles. The van der Waals surface area contributed by atoms with Gasteiger partial charge in [-0.05, 0) is 24.3 Å². The first-order valence-corrected chi connectivity index (χ1v) is 7.07. The van der Waals surface area contributed by atoms with Crippen LogP contribution in [-0.4, -0.2) is 35.5 Å². The van der Waals surface area contributed by atoms with Gasteiger partial charge < -0.3 is 14.6 Å². The highest BCUT2D eigenvalue weighted by atomic mass is 16.6. The molecule has 10 nitrogen and oxygen atoms in total. The van der Waals surface area contributed by atoms with E-state index in [0.717, 1.165) is 0 Å². The van der Waals surface area contributed by atoms with Gasteiger partial charge in [0.25, 0.3) is 11.4 Å². The number of rotatable bonds is 6. The molecule has 0 saturated carbocycles. The Morgan fingerprint density at radius 3 is 1.85 bits per heavy atom. The molecule has 0 fully saturated rings. The molecular formula is C17H20N2O8.